The summed E-state index contributed by atoms with van der Waals surface area (Å²) in [5, 5.41) is 8.67. The van der Waals surface area contributed by atoms with Crippen LogP contribution in [-0.2, 0) is 4.79 Å². The Kier molecular flexibility index (Phi) is 3.88. The number of guanidine groups is 1. The van der Waals surface area contributed by atoms with E-state index in [1.165, 1.54) is 11.8 Å². The molecule has 5 N–H and O–H groups in total. The lowest BCUT2D eigenvalue weighted by atomic mass is 10.2. The summed E-state index contributed by atoms with van der Waals surface area (Å²) in [4.78, 5) is 14.2. The van der Waals surface area contributed by atoms with Crippen LogP contribution in [0.1, 0.15) is 13.8 Å². The molecule has 6 heteroatoms. The Morgan fingerprint density at radius 2 is 2.08 bits per heavy atom. The molecule has 5 nitrogen and oxygen atoms in total. The third-order valence-corrected chi connectivity index (χ3v) is 2.34. The molecule has 0 amide bonds. The first-order valence-electron chi connectivity index (χ1n) is 3.29. The highest BCUT2D eigenvalue weighted by atomic mass is 32.2. The molecule has 0 saturated heterocycles. The van der Waals surface area contributed by atoms with Gasteiger partial charge in [0.25, 0.3) is 0 Å². The molecule has 0 heterocycles. The van der Waals surface area contributed by atoms with Crippen molar-refractivity contribution in [3.8, 4) is 0 Å². The maximum absolute atomic E-state index is 10.6. The van der Waals surface area contributed by atoms with E-state index in [4.69, 9.17) is 16.6 Å². The van der Waals surface area contributed by atoms with Crippen LogP contribution < -0.4 is 11.5 Å². The van der Waals surface area contributed by atoms with Crippen molar-refractivity contribution in [2.75, 3.05) is 5.88 Å². The number of hydrogen-bond acceptors (Lipinski definition) is 3. The quantitative estimate of drug-likeness (QED) is 0.422. The zero-order valence-electron chi connectivity index (χ0n) is 7.07. The minimum atomic E-state index is -0.877. The smallest absolute Gasteiger partial charge is 0.319 e. The molecule has 0 aromatic heterocycles. The van der Waals surface area contributed by atoms with E-state index in [9.17, 15) is 4.79 Å². The molecular formula is C6H13N3O2S. The average molecular weight is 191 g/mol. The highest BCUT2D eigenvalue weighted by Gasteiger charge is 2.27. The molecule has 70 valence electrons. The maximum atomic E-state index is 10.6. The van der Waals surface area contributed by atoms with E-state index in [1.807, 2.05) is 0 Å². The van der Waals surface area contributed by atoms with Gasteiger partial charge in [0.05, 0.1) is 5.88 Å². The van der Waals surface area contributed by atoms with Crippen molar-refractivity contribution in [2.24, 2.45) is 16.5 Å². The van der Waals surface area contributed by atoms with Crippen LogP contribution in [0.25, 0.3) is 0 Å². The van der Waals surface area contributed by atoms with Gasteiger partial charge in [-0.2, -0.15) is 0 Å². The van der Waals surface area contributed by atoms with Crippen molar-refractivity contribution in [2.45, 2.75) is 18.6 Å². The van der Waals surface area contributed by atoms with Gasteiger partial charge in [-0.15, -0.1) is 11.8 Å². The van der Waals surface area contributed by atoms with E-state index < -0.39 is 10.7 Å². The molecule has 0 aromatic carbocycles. The van der Waals surface area contributed by atoms with Gasteiger partial charge in [0, 0.05) is 0 Å². The van der Waals surface area contributed by atoms with E-state index >= 15 is 0 Å². The Labute approximate surface area is 75.2 Å². The summed E-state index contributed by atoms with van der Waals surface area (Å²) in [5.41, 5.74) is 10.1. The Bertz CT molecular complexity index is 199. The number of carbonyl (C=O) groups is 1. The number of aliphatic imine (C=N–C) groups is 1. The third-order valence-electron chi connectivity index (χ3n) is 1.19. The molecule has 0 unspecified atom stereocenters. The number of nitrogens with zero attached hydrogens (tertiary/aromatic N) is 1. The predicted octanol–water partition coefficient (Wildman–Crippen LogP) is -0.186. The van der Waals surface area contributed by atoms with Crippen molar-refractivity contribution in [1.29, 1.82) is 0 Å². The maximum Gasteiger partial charge on any atom is 0.319 e. The fraction of sp³-hybridized carbons (Fsp3) is 0.667. The molecule has 0 saturated carbocycles. The first-order chi connectivity index (χ1) is 5.36. The largest absolute Gasteiger partial charge is 0.480 e. The lowest BCUT2D eigenvalue weighted by molar-refractivity contribution is -0.138. The summed E-state index contributed by atoms with van der Waals surface area (Å²) in [7, 11) is 0. The molecule has 0 fully saturated rings. The molecule has 0 aromatic rings. The summed E-state index contributed by atoms with van der Waals surface area (Å²) in [6.45, 7) is 3.20. The van der Waals surface area contributed by atoms with Crippen LogP contribution in [0.4, 0.5) is 0 Å². The highest BCUT2D eigenvalue weighted by Crippen LogP contribution is 2.24. The minimum Gasteiger partial charge on any atom is -0.480 e. The monoisotopic (exact) mass is 191 g/mol. The van der Waals surface area contributed by atoms with Gasteiger partial charge >= 0.3 is 5.97 Å². The van der Waals surface area contributed by atoms with Crippen LogP contribution in [0.3, 0.4) is 0 Å². The number of carboxylic acids is 1. The van der Waals surface area contributed by atoms with Gasteiger partial charge in [0.15, 0.2) is 5.96 Å². The second-order valence-corrected chi connectivity index (χ2v) is 4.24. The minimum absolute atomic E-state index is 0.0244. The molecular weight excluding hydrogens is 178 g/mol. The van der Waals surface area contributed by atoms with Gasteiger partial charge in [0.2, 0.25) is 0 Å². The molecule has 0 atom stereocenters. The molecule has 0 aliphatic rings. The number of aliphatic carboxylic acids is 1. The van der Waals surface area contributed by atoms with Crippen molar-refractivity contribution in [1.82, 2.24) is 0 Å². The molecule has 0 aliphatic carbocycles. The van der Waals surface area contributed by atoms with Crippen molar-refractivity contribution >= 4 is 23.7 Å². The SMILES string of the molecule is CC(C)(SCN=C(N)N)C(=O)O. The first-order valence-corrected chi connectivity index (χ1v) is 4.27. The number of thioether (sulfide) groups is 1. The predicted molar refractivity (Wildman–Crippen MR) is 50.0 cm³/mol. The molecule has 0 aliphatic heterocycles. The fourth-order valence-corrected chi connectivity index (χ4v) is 0.990. The van der Waals surface area contributed by atoms with Gasteiger partial charge in [0.1, 0.15) is 4.75 Å². The Morgan fingerprint density at radius 3 is 2.42 bits per heavy atom. The van der Waals surface area contributed by atoms with E-state index in [0.29, 0.717) is 0 Å². The van der Waals surface area contributed by atoms with Crippen molar-refractivity contribution < 1.29 is 9.90 Å². The van der Waals surface area contributed by atoms with Crippen LogP contribution in [-0.4, -0.2) is 27.7 Å². The summed E-state index contributed by atoms with van der Waals surface area (Å²) in [6.07, 6.45) is 0. The van der Waals surface area contributed by atoms with Gasteiger partial charge in [-0.3, -0.25) is 4.79 Å². The van der Waals surface area contributed by atoms with Gasteiger partial charge < -0.3 is 16.6 Å². The molecule has 0 bridgehead atoms. The average Bonchev–Trinajstić information content (AvgIpc) is 1.85. The molecule has 12 heavy (non-hydrogen) atoms. The van der Waals surface area contributed by atoms with Gasteiger partial charge in [-0.1, -0.05) is 0 Å². The Morgan fingerprint density at radius 1 is 1.58 bits per heavy atom. The van der Waals surface area contributed by atoms with E-state index in [0.717, 1.165) is 0 Å². The van der Waals surface area contributed by atoms with Crippen molar-refractivity contribution in [3.63, 3.8) is 0 Å². The fourth-order valence-electron chi connectivity index (χ4n) is 0.330. The summed E-state index contributed by atoms with van der Waals surface area (Å²) in [6, 6.07) is 0. The summed E-state index contributed by atoms with van der Waals surface area (Å²) in [5.74, 6) is -0.635. The lowest BCUT2D eigenvalue weighted by Crippen LogP contribution is -2.28. The topological polar surface area (TPSA) is 102 Å². The van der Waals surface area contributed by atoms with Crippen molar-refractivity contribution in [3.05, 3.63) is 0 Å². The number of hydrogen-bond donors (Lipinski definition) is 3. The molecule has 0 spiro atoms. The Hall–Kier alpha value is -0.910. The Balaban J connectivity index is 3.93. The number of rotatable bonds is 4. The van der Waals surface area contributed by atoms with E-state index in [2.05, 4.69) is 4.99 Å². The normalized spacial score (nSPS) is 10.8. The number of carboxylic acid groups (broad SMARTS) is 1. The van der Waals surface area contributed by atoms with Crippen LogP contribution in [0.15, 0.2) is 4.99 Å². The summed E-state index contributed by atoms with van der Waals surface area (Å²) < 4.78 is -0.848. The second kappa shape index (κ2) is 4.20. The second-order valence-electron chi connectivity index (χ2n) is 2.67. The van der Waals surface area contributed by atoms with Crippen LogP contribution in [0.5, 0.6) is 0 Å². The molecule has 0 rings (SSSR count). The first kappa shape index (κ1) is 11.1. The number of nitrogens with two attached hydrogens (primary N) is 2. The highest BCUT2D eigenvalue weighted by molar-refractivity contribution is 8.01. The standard InChI is InChI=1S/C6H13N3O2S/c1-6(2,4(10)11)12-3-9-5(7)8/h3H2,1-2H3,(H,10,11)(H4,7,8,9). The van der Waals surface area contributed by atoms with Gasteiger partial charge in [-0.25, -0.2) is 4.99 Å². The van der Waals surface area contributed by atoms with E-state index in [-0.39, 0.29) is 11.8 Å². The van der Waals surface area contributed by atoms with Crippen LogP contribution in [0, 0.1) is 0 Å². The van der Waals surface area contributed by atoms with E-state index in [1.54, 1.807) is 13.8 Å². The van der Waals surface area contributed by atoms with Crippen LogP contribution >= 0.6 is 11.8 Å². The zero-order valence-corrected chi connectivity index (χ0v) is 7.89. The summed E-state index contributed by atoms with van der Waals surface area (Å²) >= 11 is 1.17. The lowest BCUT2D eigenvalue weighted by Gasteiger charge is -2.16. The van der Waals surface area contributed by atoms with Gasteiger partial charge in [-0.05, 0) is 13.8 Å². The third kappa shape index (κ3) is 4.07. The zero-order chi connectivity index (χ0) is 9.78. The molecule has 0 radical (unpaired) electrons. The van der Waals surface area contributed by atoms with Crippen LogP contribution in [0.2, 0.25) is 0 Å².